The van der Waals surface area contributed by atoms with Gasteiger partial charge >= 0.3 is 280 Å². The van der Waals surface area contributed by atoms with Crippen molar-refractivity contribution in [3.63, 3.8) is 0 Å². The van der Waals surface area contributed by atoms with Gasteiger partial charge in [-0.15, -0.1) is 12.4 Å². The fourth-order valence-corrected chi connectivity index (χ4v) is 44.7. The van der Waals surface area contributed by atoms with Gasteiger partial charge in [0.1, 0.15) is 0 Å². The van der Waals surface area contributed by atoms with Gasteiger partial charge in [-0.1, -0.05) is 0 Å². The van der Waals surface area contributed by atoms with Crippen LogP contribution in [-0.2, 0) is 17.0 Å². The molecule has 0 aliphatic carbocycles. The molecule has 0 fully saturated rings. The van der Waals surface area contributed by atoms with Gasteiger partial charge in [-0.05, 0) is 0 Å². The molecule has 0 N–H and O–H groups in total. The Labute approximate surface area is 290 Å². The zero-order chi connectivity index (χ0) is 31.6. The first kappa shape index (κ1) is 34.5. The van der Waals surface area contributed by atoms with Crippen molar-refractivity contribution < 1.29 is 17.0 Å². The fraction of sp³-hybridized carbons (Fsp3) is 0.143. The van der Waals surface area contributed by atoms with Gasteiger partial charge in [-0.25, -0.2) is 0 Å². The second-order valence-electron chi connectivity index (χ2n) is 12.2. The third kappa shape index (κ3) is 5.99. The van der Waals surface area contributed by atoms with Gasteiger partial charge in [0.2, 0.25) is 0 Å². The predicted molar refractivity (Wildman–Crippen MR) is 209 cm³/mol. The normalized spacial score (nSPS) is 12.4. The average Bonchev–Trinajstić information content (AvgIpc) is 3.04. The Balaban J connectivity index is 0.00000417. The van der Waals surface area contributed by atoms with Crippen molar-refractivity contribution in [3.05, 3.63) is 179 Å². The van der Waals surface area contributed by atoms with Crippen LogP contribution in [0.3, 0.4) is 0 Å². The third-order valence-corrected chi connectivity index (χ3v) is 36.8. The summed E-state index contributed by atoms with van der Waals surface area (Å²) in [5.41, 5.74) is 3.00. The molecule has 0 unspecified atom stereocenters. The third-order valence-electron chi connectivity index (χ3n) is 9.23. The molecule has 0 saturated heterocycles. The van der Waals surface area contributed by atoms with Crippen molar-refractivity contribution in [2.45, 2.75) is 41.5 Å². The molecule has 0 amide bonds. The summed E-state index contributed by atoms with van der Waals surface area (Å²) >= 11 is 0.338. The number of hydrogen-bond donors (Lipinski definition) is 0. The van der Waals surface area contributed by atoms with Crippen LogP contribution in [-0.4, -0.2) is 0 Å². The fourth-order valence-electron chi connectivity index (χ4n) is 6.96. The maximum Gasteiger partial charge on any atom is -0.147 e. The molecule has 0 radical (unpaired) electrons. The Morgan fingerprint density at radius 3 is 0.587 bits per heavy atom. The quantitative estimate of drug-likeness (QED) is 0.108. The van der Waals surface area contributed by atoms with E-state index < -0.39 is 10.9 Å². The molecule has 6 rings (SSSR count). The van der Waals surface area contributed by atoms with Crippen molar-refractivity contribution in [2.75, 3.05) is 0 Å². The number of aryl methyl sites for hydroxylation is 6. The van der Waals surface area contributed by atoms with E-state index in [1.54, 1.807) is 31.8 Å². The van der Waals surface area contributed by atoms with Gasteiger partial charge in [0.05, 0.1) is 0 Å². The largest absolute Gasteiger partial charge is 0.147 e. The van der Waals surface area contributed by atoms with Crippen LogP contribution in [0.15, 0.2) is 146 Å². The van der Waals surface area contributed by atoms with Gasteiger partial charge in [0, 0.05) is 0 Å². The van der Waals surface area contributed by atoms with Crippen molar-refractivity contribution in [1.82, 2.24) is 0 Å². The summed E-state index contributed by atoms with van der Waals surface area (Å²) in [6.07, 6.45) is 0. The molecular formula is C42H45ClP2Pd. The van der Waals surface area contributed by atoms with Crippen LogP contribution in [0, 0.1) is 41.5 Å². The molecule has 240 valence electrons. The smallest absolute Gasteiger partial charge is 0.147 e. The van der Waals surface area contributed by atoms with Crippen LogP contribution in [0.1, 0.15) is 33.4 Å². The molecule has 0 saturated carbocycles. The Kier molecular flexibility index (Phi) is 10.9. The van der Waals surface area contributed by atoms with Crippen LogP contribution >= 0.6 is 23.3 Å². The van der Waals surface area contributed by atoms with Crippen LogP contribution in [0.4, 0.5) is 0 Å². The summed E-state index contributed by atoms with van der Waals surface area (Å²) in [4.78, 5) is 0. The van der Waals surface area contributed by atoms with Crippen molar-refractivity contribution >= 4 is 55.1 Å². The maximum atomic E-state index is 2.48. The summed E-state index contributed by atoms with van der Waals surface area (Å²) in [5, 5.41) is 9.31. The number of hydrogen-bond acceptors (Lipinski definition) is 0. The molecule has 6 aromatic carbocycles. The summed E-state index contributed by atoms with van der Waals surface area (Å²) < 4.78 is 0. The molecule has 0 heterocycles. The Bertz CT molecular complexity index is 1620. The van der Waals surface area contributed by atoms with Crippen LogP contribution in [0.2, 0.25) is 0 Å². The first-order valence-electron chi connectivity index (χ1n) is 15.8. The van der Waals surface area contributed by atoms with E-state index in [9.17, 15) is 0 Å². The van der Waals surface area contributed by atoms with E-state index in [0.717, 1.165) is 0 Å². The zero-order valence-corrected chi connectivity index (χ0v) is 32.0. The van der Waals surface area contributed by atoms with E-state index in [-0.39, 0.29) is 12.4 Å². The molecule has 0 bridgehead atoms. The molecule has 6 aromatic rings. The monoisotopic (exact) mass is 752 g/mol. The average molecular weight is 754 g/mol. The first-order valence-corrected chi connectivity index (χ1v) is 24.1. The zero-order valence-electron chi connectivity index (χ0n) is 27.6. The Hall–Kier alpha value is -2.87. The number of rotatable bonds is 8. The SMILES string of the molecule is Cc1ccccc1[PH]([Pd][PH](c1ccccc1C)(c1ccccc1C)c1ccccc1C)(c1ccccc1C)c1ccccc1C.Cl. The van der Waals surface area contributed by atoms with E-state index >= 15 is 0 Å². The second-order valence-corrected chi connectivity index (χ2v) is 29.0. The first-order chi connectivity index (χ1) is 21.8. The molecule has 46 heavy (non-hydrogen) atoms. The van der Waals surface area contributed by atoms with Gasteiger partial charge in [-0.3, -0.25) is 0 Å². The predicted octanol–water partition coefficient (Wildman–Crippen LogP) is 8.62. The molecule has 0 aromatic heterocycles. The van der Waals surface area contributed by atoms with Crippen LogP contribution in [0.5, 0.6) is 0 Å². The van der Waals surface area contributed by atoms with Crippen molar-refractivity contribution in [3.8, 4) is 0 Å². The minimum atomic E-state index is -2.70. The van der Waals surface area contributed by atoms with Crippen LogP contribution < -0.4 is 31.8 Å². The molecule has 0 aliphatic rings. The van der Waals surface area contributed by atoms with Gasteiger partial charge in [0.25, 0.3) is 0 Å². The van der Waals surface area contributed by atoms with Gasteiger partial charge < -0.3 is 0 Å². The standard InChI is InChI=1S/2C21H21P.ClH.Pd/c2*1-16-10-4-7-13-19(16)22(20-14-8-5-11-17(20)2)21-15-9-6-12-18(21)3;;/h2*4-15H,1-3H3;1H;/q;;;-2/p+2. The minimum absolute atomic E-state index is 0. The van der Waals surface area contributed by atoms with Crippen LogP contribution in [0.25, 0.3) is 0 Å². The van der Waals surface area contributed by atoms with E-state index in [1.165, 1.54) is 33.4 Å². The summed E-state index contributed by atoms with van der Waals surface area (Å²) in [7, 11) is 0. The maximum absolute atomic E-state index is 2.70. The van der Waals surface area contributed by atoms with E-state index in [4.69, 9.17) is 0 Å². The number of halogens is 1. The molecule has 4 heteroatoms. The summed E-state index contributed by atoms with van der Waals surface area (Å²) in [6.45, 7) is 14.1. The van der Waals surface area contributed by atoms with Gasteiger partial charge in [-0.2, -0.15) is 0 Å². The number of benzene rings is 6. The Morgan fingerprint density at radius 1 is 0.283 bits per heavy atom. The molecule has 0 nitrogen and oxygen atoms in total. The second kappa shape index (κ2) is 14.5. The van der Waals surface area contributed by atoms with E-state index in [2.05, 4.69) is 187 Å². The Morgan fingerprint density at radius 2 is 0.435 bits per heavy atom. The van der Waals surface area contributed by atoms with E-state index in [0.29, 0.717) is 17.0 Å². The topological polar surface area (TPSA) is 0 Å². The van der Waals surface area contributed by atoms with Gasteiger partial charge in [0.15, 0.2) is 0 Å². The molecular weight excluding hydrogens is 708 g/mol. The molecule has 0 spiro atoms. The van der Waals surface area contributed by atoms with Crippen molar-refractivity contribution in [2.24, 2.45) is 0 Å². The van der Waals surface area contributed by atoms with Crippen molar-refractivity contribution in [1.29, 1.82) is 0 Å². The molecule has 0 atom stereocenters. The summed E-state index contributed by atoms with van der Waals surface area (Å²) in [5.74, 6) is 0. The van der Waals surface area contributed by atoms with E-state index in [1.807, 2.05) is 0 Å². The summed E-state index contributed by atoms with van der Waals surface area (Å²) in [6, 6.07) is 56.0. The minimum Gasteiger partial charge on any atom is -0.147 e. The molecule has 0 aliphatic heterocycles.